The van der Waals surface area contributed by atoms with Crippen LogP contribution in [0.1, 0.15) is 57.8 Å². The van der Waals surface area contributed by atoms with E-state index in [9.17, 15) is 9.59 Å². The van der Waals surface area contributed by atoms with Gasteiger partial charge in [0.1, 0.15) is 5.82 Å². The normalized spacial score (nSPS) is 21.3. The lowest BCUT2D eigenvalue weighted by Gasteiger charge is -2.28. The number of pyridine rings is 1. The van der Waals surface area contributed by atoms with Crippen LogP contribution in [0, 0.1) is 11.3 Å². The van der Waals surface area contributed by atoms with Crippen LogP contribution in [-0.2, 0) is 22.6 Å². The summed E-state index contributed by atoms with van der Waals surface area (Å²) in [5, 5.41) is 6.42. The van der Waals surface area contributed by atoms with Gasteiger partial charge in [-0.15, -0.1) is 0 Å². The number of amides is 2. The summed E-state index contributed by atoms with van der Waals surface area (Å²) in [6.07, 6.45) is 5.71. The molecule has 3 heterocycles. The zero-order valence-electron chi connectivity index (χ0n) is 19.5. The Morgan fingerprint density at radius 3 is 2.73 bits per heavy atom. The molecule has 2 aromatic heterocycles. The van der Waals surface area contributed by atoms with E-state index in [1.54, 1.807) is 6.20 Å². The quantitative estimate of drug-likeness (QED) is 0.605. The highest BCUT2D eigenvalue weighted by atomic mass is 35.5. The van der Waals surface area contributed by atoms with Gasteiger partial charge in [0, 0.05) is 54.1 Å². The van der Waals surface area contributed by atoms with Crippen LogP contribution in [0.3, 0.4) is 0 Å². The summed E-state index contributed by atoms with van der Waals surface area (Å²) < 4.78 is 2.22. The number of fused-ring (bicyclic) bond motifs is 1. The van der Waals surface area contributed by atoms with Crippen LogP contribution in [0.25, 0.3) is 16.8 Å². The van der Waals surface area contributed by atoms with Crippen LogP contribution < -0.4 is 16.4 Å². The van der Waals surface area contributed by atoms with Crippen molar-refractivity contribution in [2.45, 2.75) is 65.5 Å². The molecule has 0 aromatic carbocycles. The van der Waals surface area contributed by atoms with E-state index in [0.717, 1.165) is 54.7 Å². The Morgan fingerprint density at radius 1 is 1.27 bits per heavy atom. The molecule has 2 aromatic rings. The van der Waals surface area contributed by atoms with Crippen molar-refractivity contribution < 1.29 is 9.59 Å². The second-order valence-electron chi connectivity index (χ2n) is 10.1. The number of halogens is 1. The van der Waals surface area contributed by atoms with Gasteiger partial charge in [0.05, 0.1) is 10.7 Å². The highest BCUT2D eigenvalue weighted by Crippen LogP contribution is 2.43. The molecule has 0 radical (unpaired) electrons. The maximum Gasteiger partial charge on any atom is 0.228 e. The molecular formula is C25H32ClN5O2. The summed E-state index contributed by atoms with van der Waals surface area (Å²) in [4.78, 5) is 28.7. The number of carbonyl (C=O) groups excluding carboxylic acids is 2. The van der Waals surface area contributed by atoms with E-state index >= 15 is 0 Å². The fraction of sp³-hybridized carbons (Fsp3) is 0.480. The van der Waals surface area contributed by atoms with E-state index in [1.807, 2.05) is 12.1 Å². The average Bonchev–Trinajstić information content (AvgIpc) is 3.22. The first kappa shape index (κ1) is 23.4. The summed E-state index contributed by atoms with van der Waals surface area (Å²) in [7, 11) is 0. The van der Waals surface area contributed by atoms with Gasteiger partial charge < -0.3 is 20.9 Å². The van der Waals surface area contributed by atoms with Crippen LogP contribution >= 0.6 is 11.6 Å². The van der Waals surface area contributed by atoms with E-state index < -0.39 is 0 Å². The second kappa shape index (κ2) is 8.86. The molecule has 1 saturated carbocycles. The fourth-order valence-electron chi connectivity index (χ4n) is 5.18. The van der Waals surface area contributed by atoms with Crippen molar-refractivity contribution in [2.24, 2.45) is 17.1 Å². The summed E-state index contributed by atoms with van der Waals surface area (Å²) in [6.45, 7) is 10.8. The van der Waals surface area contributed by atoms with Crippen molar-refractivity contribution in [3.8, 4) is 11.1 Å². The molecule has 4 N–H and O–H groups in total. The van der Waals surface area contributed by atoms with Crippen LogP contribution in [0.5, 0.6) is 0 Å². The summed E-state index contributed by atoms with van der Waals surface area (Å²) in [5.41, 5.74) is 10.6. The Morgan fingerprint density at radius 2 is 2.03 bits per heavy atom. The number of rotatable bonds is 5. The first-order valence-corrected chi connectivity index (χ1v) is 11.8. The summed E-state index contributed by atoms with van der Waals surface area (Å²) >= 11 is 6.57. The molecular weight excluding hydrogens is 438 g/mol. The number of nitrogens with one attached hydrogen (secondary N) is 2. The van der Waals surface area contributed by atoms with Crippen molar-refractivity contribution >= 4 is 34.9 Å². The molecule has 1 fully saturated rings. The van der Waals surface area contributed by atoms with E-state index in [4.69, 9.17) is 17.3 Å². The fourth-order valence-corrected chi connectivity index (χ4v) is 5.39. The van der Waals surface area contributed by atoms with Gasteiger partial charge in [-0.05, 0) is 43.2 Å². The van der Waals surface area contributed by atoms with E-state index in [2.05, 4.69) is 40.6 Å². The van der Waals surface area contributed by atoms with Crippen molar-refractivity contribution in [3.05, 3.63) is 41.3 Å². The average molecular weight is 470 g/mol. The Labute approximate surface area is 199 Å². The Balaban J connectivity index is 1.59. The van der Waals surface area contributed by atoms with Crippen molar-refractivity contribution in [2.75, 3.05) is 5.32 Å². The minimum absolute atomic E-state index is 0.0378. The lowest BCUT2D eigenvalue weighted by atomic mass is 9.85. The van der Waals surface area contributed by atoms with Crippen LogP contribution in [0.2, 0.25) is 5.02 Å². The third-order valence-electron chi connectivity index (χ3n) is 6.62. The van der Waals surface area contributed by atoms with Crippen LogP contribution in [0.15, 0.2) is 24.9 Å². The predicted octanol–water partition coefficient (Wildman–Crippen LogP) is 4.35. The number of hydrogen-bond donors (Lipinski definition) is 3. The van der Waals surface area contributed by atoms with Gasteiger partial charge in [-0.25, -0.2) is 4.98 Å². The molecule has 2 aliphatic rings. The van der Waals surface area contributed by atoms with Gasteiger partial charge >= 0.3 is 0 Å². The Bertz CT molecular complexity index is 1120. The SMILES string of the molecule is C=C(N)c1cc(-c2cc(NC(=O)[C@H]3CCC[C@@H](NC(C)=O)C3)ncc2Cl)c2n1CC(C)(C)C2. The van der Waals surface area contributed by atoms with Gasteiger partial charge in [-0.3, -0.25) is 9.59 Å². The Kier molecular flexibility index (Phi) is 6.27. The van der Waals surface area contributed by atoms with Crippen molar-refractivity contribution in [1.82, 2.24) is 14.9 Å². The highest BCUT2D eigenvalue weighted by molar-refractivity contribution is 6.33. The number of nitrogens with two attached hydrogens (primary N) is 1. The van der Waals surface area contributed by atoms with Gasteiger partial charge in [-0.1, -0.05) is 38.4 Å². The Hall–Kier alpha value is -2.80. The largest absolute Gasteiger partial charge is 0.398 e. The molecule has 33 heavy (non-hydrogen) atoms. The maximum atomic E-state index is 13.0. The standard InChI is InChI=1S/C25H32ClN5O2/c1-14(27)21-9-19(22-11-25(3,4)13-31(21)22)18-10-23(28-12-20(18)26)30-24(33)16-6-5-7-17(8-16)29-15(2)32/h9-10,12,16-17H,1,5-8,11,13,27H2,2-4H3,(H,29,32)(H,28,30,33)/t16-,17+/m0/s1. The number of hydrogen-bond acceptors (Lipinski definition) is 4. The molecule has 0 spiro atoms. The molecule has 0 saturated heterocycles. The van der Waals surface area contributed by atoms with E-state index in [0.29, 0.717) is 23.0 Å². The third kappa shape index (κ3) is 4.93. The van der Waals surface area contributed by atoms with Gasteiger partial charge in [0.25, 0.3) is 0 Å². The zero-order valence-corrected chi connectivity index (χ0v) is 20.3. The predicted molar refractivity (Wildman–Crippen MR) is 132 cm³/mol. The maximum absolute atomic E-state index is 13.0. The lowest BCUT2D eigenvalue weighted by Crippen LogP contribution is -2.40. The smallest absolute Gasteiger partial charge is 0.228 e. The number of nitrogens with zero attached hydrogens (tertiary/aromatic N) is 2. The first-order chi connectivity index (χ1) is 15.5. The molecule has 0 unspecified atom stereocenters. The monoisotopic (exact) mass is 469 g/mol. The van der Waals surface area contributed by atoms with Gasteiger partial charge in [0.15, 0.2) is 0 Å². The van der Waals surface area contributed by atoms with Crippen LogP contribution in [-0.4, -0.2) is 27.4 Å². The van der Waals surface area contributed by atoms with E-state index in [-0.39, 0.29) is 29.2 Å². The molecule has 2 atom stereocenters. The highest BCUT2D eigenvalue weighted by Gasteiger charge is 2.34. The van der Waals surface area contributed by atoms with Crippen LogP contribution in [0.4, 0.5) is 5.82 Å². The topological polar surface area (TPSA) is 102 Å². The molecule has 1 aliphatic carbocycles. The summed E-state index contributed by atoms with van der Waals surface area (Å²) in [5.74, 6) is 0.160. The third-order valence-corrected chi connectivity index (χ3v) is 6.92. The molecule has 1 aliphatic heterocycles. The van der Waals surface area contributed by atoms with E-state index in [1.165, 1.54) is 6.92 Å². The minimum atomic E-state index is -0.164. The molecule has 4 rings (SSSR count). The first-order valence-electron chi connectivity index (χ1n) is 11.4. The number of aromatic nitrogens is 2. The molecule has 8 heteroatoms. The van der Waals surface area contributed by atoms with Crippen molar-refractivity contribution in [3.63, 3.8) is 0 Å². The molecule has 2 amide bonds. The second-order valence-corrected chi connectivity index (χ2v) is 10.5. The van der Waals surface area contributed by atoms with Gasteiger partial charge in [0.2, 0.25) is 11.8 Å². The molecule has 7 nitrogen and oxygen atoms in total. The molecule has 176 valence electrons. The zero-order chi connectivity index (χ0) is 23.9. The number of anilines is 1. The number of carbonyl (C=O) groups is 2. The van der Waals surface area contributed by atoms with Crippen molar-refractivity contribution in [1.29, 1.82) is 0 Å². The minimum Gasteiger partial charge on any atom is -0.398 e. The molecule has 0 bridgehead atoms. The van der Waals surface area contributed by atoms with Gasteiger partial charge in [-0.2, -0.15) is 0 Å². The summed E-state index contributed by atoms with van der Waals surface area (Å²) in [6, 6.07) is 3.90. The lowest BCUT2D eigenvalue weighted by molar-refractivity contribution is -0.123.